The van der Waals surface area contributed by atoms with Gasteiger partial charge in [-0.15, -0.1) is 35.3 Å². The van der Waals surface area contributed by atoms with Crippen molar-refractivity contribution in [1.82, 2.24) is 20.4 Å². The second-order valence-electron chi connectivity index (χ2n) is 6.49. The van der Waals surface area contributed by atoms with Crippen LogP contribution in [0, 0.1) is 6.92 Å². The average Bonchev–Trinajstić information content (AvgIpc) is 2.99. The molecule has 144 valence electrons. The molecule has 0 aliphatic carbocycles. The van der Waals surface area contributed by atoms with Gasteiger partial charge in [0.15, 0.2) is 5.96 Å². The van der Waals surface area contributed by atoms with Crippen molar-refractivity contribution in [2.75, 3.05) is 52.9 Å². The van der Waals surface area contributed by atoms with Crippen LogP contribution in [0.15, 0.2) is 17.1 Å². The van der Waals surface area contributed by atoms with Gasteiger partial charge in [0, 0.05) is 49.0 Å². The number of nitrogens with one attached hydrogen (secondary N) is 2. The van der Waals surface area contributed by atoms with Crippen LogP contribution in [0.25, 0.3) is 0 Å². The van der Waals surface area contributed by atoms with Crippen molar-refractivity contribution >= 4 is 41.3 Å². The molecule has 2 heterocycles. The summed E-state index contributed by atoms with van der Waals surface area (Å²) < 4.78 is 0. The molecular formula is C18H34IN5S. The zero-order chi connectivity index (χ0) is 17.2. The fourth-order valence-corrected chi connectivity index (χ4v) is 3.62. The van der Waals surface area contributed by atoms with Gasteiger partial charge in [-0.25, -0.2) is 4.99 Å². The van der Waals surface area contributed by atoms with Crippen molar-refractivity contribution in [2.45, 2.75) is 33.2 Å². The summed E-state index contributed by atoms with van der Waals surface area (Å²) in [5.41, 5.74) is 0. The zero-order valence-corrected chi connectivity index (χ0v) is 19.0. The van der Waals surface area contributed by atoms with E-state index in [1.807, 2.05) is 11.3 Å². The maximum absolute atomic E-state index is 4.68. The van der Waals surface area contributed by atoms with E-state index in [-0.39, 0.29) is 24.0 Å². The molecule has 1 aliphatic rings. The predicted molar refractivity (Wildman–Crippen MR) is 120 cm³/mol. The molecule has 0 radical (unpaired) electrons. The minimum absolute atomic E-state index is 0. The van der Waals surface area contributed by atoms with E-state index in [9.17, 15) is 0 Å². The average molecular weight is 479 g/mol. The molecule has 0 aromatic carbocycles. The maximum atomic E-state index is 4.68. The molecule has 1 aromatic heterocycles. The van der Waals surface area contributed by atoms with Crippen molar-refractivity contribution in [3.63, 3.8) is 0 Å². The summed E-state index contributed by atoms with van der Waals surface area (Å²) in [6.45, 7) is 13.0. The van der Waals surface area contributed by atoms with Crippen LogP contribution in [0.1, 0.15) is 29.5 Å². The Morgan fingerprint density at radius 1 is 1.16 bits per heavy atom. The lowest BCUT2D eigenvalue weighted by Crippen LogP contribution is -2.44. The number of hydrogen-bond acceptors (Lipinski definition) is 4. The highest BCUT2D eigenvalue weighted by Gasteiger charge is 2.12. The summed E-state index contributed by atoms with van der Waals surface area (Å²) in [5, 5.41) is 6.79. The molecular weight excluding hydrogens is 445 g/mol. The lowest BCUT2D eigenvalue weighted by molar-refractivity contribution is 0.152. The van der Waals surface area contributed by atoms with Crippen molar-refractivity contribution in [2.24, 2.45) is 4.99 Å². The van der Waals surface area contributed by atoms with Crippen LogP contribution in [0.4, 0.5) is 0 Å². The summed E-state index contributed by atoms with van der Waals surface area (Å²) in [6, 6.07) is 4.33. The quantitative estimate of drug-likeness (QED) is 0.261. The molecule has 7 heteroatoms. The lowest BCUT2D eigenvalue weighted by Gasteiger charge is -2.32. The zero-order valence-electron chi connectivity index (χ0n) is 15.9. The highest BCUT2D eigenvalue weighted by Crippen LogP contribution is 2.15. The van der Waals surface area contributed by atoms with Crippen LogP contribution in [-0.2, 0) is 6.54 Å². The molecule has 0 bridgehead atoms. The summed E-state index contributed by atoms with van der Waals surface area (Å²) in [4.78, 5) is 12.3. The molecule has 2 rings (SSSR count). The maximum Gasteiger partial charge on any atom is 0.191 e. The van der Waals surface area contributed by atoms with E-state index < -0.39 is 0 Å². The minimum Gasteiger partial charge on any atom is -0.357 e. The van der Waals surface area contributed by atoms with E-state index in [0.717, 1.165) is 25.6 Å². The smallest absolute Gasteiger partial charge is 0.191 e. The Labute approximate surface area is 174 Å². The van der Waals surface area contributed by atoms with Crippen molar-refractivity contribution in [3.05, 3.63) is 21.9 Å². The van der Waals surface area contributed by atoms with Crippen LogP contribution in [0.3, 0.4) is 0 Å². The highest BCUT2D eigenvalue weighted by molar-refractivity contribution is 14.0. The van der Waals surface area contributed by atoms with Gasteiger partial charge in [0.25, 0.3) is 0 Å². The van der Waals surface area contributed by atoms with Gasteiger partial charge >= 0.3 is 0 Å². The topological polar surface area (TPSA) is 42.9 Å². The summed E-state index contributed by atoms with van der Waals surface area (Å²) in [5.74, 6) is 0.933. The third kappa shape index (κ3) is 9.21. The van der Waals surface area contributed by atoms with Crippen molar-refractivity contribution in [1.29, 1.82) is 0 Å². The van der Waals surface area contributed by atoms with Gasteiger partial charge in [-0.05, 0) is 52.4 Å². The molecule has 1 aliphatic heterocycles. The minimum atomic E-state index is 0. The summed E-state index contributed by atoms with van der Waals surface area (Å²) in [6.07, 6.45) is 2.44. The number of halogens is 1. The highest BCUT2D eigenvalue weighted by atomic mass is 127. The Hall–Kier alpha value is -0.380. The largest absolute Gasteiger partial charge is 0.357 e. The van der Waals surface area contributed by atoms with E-state index in [0.29, 0.717) is 0 Å². The summed E-state index contributed by atoms with van der Waals surface area (Å²) in [7, 11) is 2.21. The molecule has 0 spiro atoms. The van der Waals surface area contributed by atoms with Gasteiger partial charge in [-0.3, -0.25) is 0 Å². The Kier molecular flexibility index (Phi) is 11.7. The normalized spacial score (nSPS) is 16.5. The third-order valence-corrected chi connectivity index (χ3v) is 5.31. The van der Waals surface area contributed by atoms with Gasteiger partial charge < -0.3 is 20.4 Å². The molecule has 1 saturated heterocycles. The van der Waals surface area contributed by atoms with Crippen LogP contribution in [0.2, 0.25) is 0 Å². The fourth-order valence-electron chi connectivity index (χ4n) is 2.81. The monoisotopic (exact) mass is 479 g/mol. The van der Waals surface area contributed by atoms with Gasteiger partial charge in [0.1, 0.15) is 0 Å². The van der Waals surface area contributed by atoms with Crippen molar-refractivity contribution in [3.8, 4) is 0 Å². The fraction of sp³-hybridized carbons (Fsp3) is 0.722. The SMILES string of the molecule is CCNC(=NCc1ccc(C)s1)NCCCCN1CCN(C)CC1.I. The first-order valence-electron chi connectivity index (χ1n) is 9.15. The van der Waals surface area contributed by atoms with E-state index in [4.69, 9.17) is 0 Å². The van der Waals surface area contributed by atoms with E-state index in [1.54, 1.807) is 0 Å². The predicted octanol–water partition coefficient (Wildman–Crippen LogP) is 2.76. The molecule has 1 fully saturated rings. The number of piperazine rings is 1. The summed E-state index contributed by atoms with van der Waals surface area (Å²) >= 11 is 1.82. The Morgan fingerprint density at radius 2 is 1.92 bits per heavy atom. The molecule has 0 saturated carbocycles. The van der Waals surface area contributed by atoms with Gasteiger partial charge in [-0.1, -0.05) is 0 Å². The second kappa shape index (κ2) is 12.9. The first kappa shape index (κ1) is 22.7. The van der Waals surface area contributed by atoms with E-state index in [2.05, 4.69) is 58.5 Å². The molecule has 0 amide bonds. The van der Waals surface area contributed by atoms with Crippen molar-refractivity contribution < 1.29 is 0 Å². The number of hydrogen-bond donors (Lipinski definition) is 2. The van der Waals surface area contributed by atoms with Crippen LogP contribution in [-0.4, -0.2) is 68.6 Å². The third-order valence-electron chi connectivity index (χ3n) is 4.32. The number of thiophene rings is 1. The molecule has 2 N–H and O–H groups in total. The number of aliphatic imine (C=N–C) groups is 1. The van der Waals surface area contributed by atoms with Crippen LogP contribution < -0.4 is 10.6 Å². The van der Waals surface area contributed by atoms with Gasteiger partial charge in [-0.2, -0.15) is 0 Å². The van der Waals surface area contributed by atoms with Gasteiger partial charge in [0.2, 0.25) is 0 Å². The van der Waals surface area contributed by atoms with Gasteiger partial charge in [0.05, 0.1) is 6.54 Å². The molecule has 0 unspecified atom stereocenters. The van der Waals surface area contributed by atoms with Crippen LogP contribution >= 0.6 is 35.3 Å². The molecule has 5 nitrogen and oxygen atoms in total. The standard InChI is InChI=1S/C18H33N5S.HI/c1-4-19-18(21-15-17-8-7-16(2)24-17)20-9-5-6-10-23-13-11-22(3)12-14-23;/h7-8H,4-6,9-15H2,1-3H3,(H2,19,20,21);1H. The number of rotatable bonds is 8. The Balaban J connectivity index is 0.00000312. The first-order chi connectivity index (χ1) is 11.7. The number of nitrogens with zero attached hydrogens (tertiary/aromatic N) is 3. The second-order valence-corrected chi connectivity index (χ2v) is 7.86. The molecule has 25 heavy (non-hydrogen) atoms. The molecule has 0 atom stereocenters. The van der Waals surface area contributed by atoms with Crippen LogP contribution in [0.5, 0.6) is 0 Å². The van der Waals surface area contributed by atoms with E-state index >= 15 is 0 Å². The Bertz CT molecular complexity index is 497. The Morgan fingerprint density at radius 3 is 2.56 bits per heavy atom. The number of unbranched alkanes of at least 4 members (excludes halogenated alkanes) is 1. The molecule has 1 aromatic rings. The first-order valence-corrected chi connectivity index (χ1v) is 9.97. The number of guanidine groups is 1. The van der Waals surface area contributed by atoms with E-state index in [1.165, 1.54) is 55.3 Å². The number of likely N-dealkylation sites (N-methyl/N-ethyl adjacent to an activating group) is 1. The lowest BCUT2D eigenvalue weighted by atomic mass is 10.2. The number of aryl methyl sites for hydroxylation is 1.